The van der Waals surface area contributed by atoms with Crippen LogP contribution < -0.4 is 5.32 Å². The van der Waals surface area contributed by atoms with Gasteiger partial charge in [-0.1, -0.05) is 55.7 Å². The molecule has 1 aromatic carbocycles. The van der Waals surface area contributed by atoms with Gasteiger partial charge in [-0.2, -0.15) is 0 Å². The number of amides is 1. The average molecular weight is 333 g/mol. The highest BCUT2D eigenvalue weighted by Gasteiger charge is 2.25. The molecule has 24 heavy (non-hydrogen) atoms. The number of carbonyl (C=O) groups is 2. The monoisotopic (exact) mass is 333 g/mol. The number of unbranched alkanes of at least 4 members (excludes halogenated alkanes) is 4. The molecule has 1 aromatic rings. The van der Waals surface area contributed by atoms with Crippen LogP contribution in [-0.4, -0.2) is 30.1 Å². The van der Waals surface area contributed by atoms with E-state index in [2.05, 4.69) is 11.9 Å². The second-order valence-electron chi connectivity index (χ2n) is 5.71. The van der Waals surface area contributed by atoms with Gasteiger partial charge in [0, 0.05) is 7.11 Å². The number of nitrogens with one attached hydrogen (secondary N) is 1. The first kappa shape index (κ1) is 19.9. The van der Waals surface area contributed by atoms with Crippen molar-refractivity contribution in [3.8, 4) is 0 Å². The number of hydrogen-bond donors (Lipinski definition) is 2. The van der Waals surface area contributed by atoms with Crippen molar-refractivity contribution in [3.05, 3.63) is 48.6 Å². The van der Waals surface area contributed by atoms with Crippen molar-refractivity contribution in [2.24, 2.45) is 0 Å². The van der Waals surface area contributed by atoms with E-state index in [4.69, 9.17) is 4.74 Å². The van der Waals surface area contributed by atoms with Crippen LogP contribution in [0.5, 0.6) is 0 Å². The molecule has 0 aromatic heterocycles. The molecule has 1 amide bonds. The molecule has 0 radical (unpaired) electrons. The molecule has 2 atom stereocenters. The van der Waals surface area contributed by atoms with Gasteiger partial charge in [-0.15, -0.1) is 6.58 Å². The van der Waals surface area contributed by atoms with Crippen molar-refractivity contribution in [1.29, 1.82) is 0 Å². The fraction of sp³-hybridized carbons (Fsp3) is 0.474. The van der Waals surface area contributed by atoms with Gasteiger partial charge in [-0.3, -0.25) is 4.79 Å². The second-order valence-corrected chi connectivity index (χ2v) is 5.71. The summed E-state index contributed by atoms with van der Waals surface area (Å²) >= 11 is 0. The van der Waals surface area contributed by atoms with Crippen LogP contribution in [0.2, 0.25) is 0 Å². The maximum atomic E-state index is 12.4. The molecule has 0 saturated carbocycles. The van der Waals surface area contributed by atoms with E-state index in [1.807, 2.05) is 24.3 Å². The Morgan fingerprint density at radius 1 is 1.21 bits per heavy atom. The molecule has 0 aliphatic rings. The molecular formula is C19H27NO4. The molecule has 0 spiro atoms. The van der Waals surface area contributed by atoms with Crippen LogP contribution in [0.15, 0.2) is 43.0 Å². The summed E-state index contributed by atoms with van der Waals surface area (Å²) in [6, 6.07) is 8.14. The van der Waals surface area contributed by atoms with Gasteiger partial charge in [0.1, 0.15) is 6.04 Å². The molecule has 0 aliphatic carbocycles. The predicted octanol–water partition coefficient (Wildman–Crippen LogP) is 3.47. The number of carbonyl (C=O) groups excluding carboxylic acids is 1. The zero-order valence-corrected chi connectivity index (χ0v) is 14.2. The lowest BCUT2D eigenvalue weighted by atomic mass is 10.0. The normalized spacial score (nSPS) is 13.0. The summed E-state index contributed by atoms with van der Waals surface area (Å²) in [7, 11) is 1.44. The quantitative estimate of drug-likeness (QED) is 0.454. The Hall–Kier alpha value is -2.14. The van der Waals surface area contributed by atoms with E-state index in [9.17, 15) is 14.7 Å². The third-order valence-electron chi connectivity index (χ3n) is 3.84. The van der Waals surface area contributed by atoms with Crippen molar-refractivity contribution < 1.29 is 19.4 Å². The van der Waals surface area contributed by atoms with Crippen LogP contribution >= 0.6 is 0 Å². The van der Waals surface area contributed by atoms with Crippen LogP contribution in [-0.2, 0) is 14.3 Å². The largest absolute Gasteiger partial charge is 0.480 e. The van der Waals surface area contributed by atoms with Gasteiger partial charge in [-0.25, -0.2) is 4.79 Å². The van der Waals surface area contributed by atoms with Crippen LogP contribution in [0, 0.1) is 0 Å². The lowest BCUT2D eigenvalue weighted by Gasteiger charge is -2.19. The van der Waals surface area contributed by atoms with Crippen LogP contribution in [0.4, 0.5) is 0 Å². The zero-order valence-electron chi connectivity index (χ0n) is 14.2. The van der Waals surface area contributed by atoms with Crippen molar-refractivity contribution in [2.75, 3.05) is 7.11 Å². The highest BCUT2D eigenvalue weighted by atomic mass is 16.5. The Morgan fingerprint density at radius 2 is 1.88 bits per heavy atom. The summed E-state index contributed by atoms with van der Waals surface area (Å²) in [4.78, 5) is 23.7. The SMILES string of the molecule is C=CCCCCCC[C@H](NC(=O)[C@@H](OC)c1ccccc1)C(=O)O. The first-order valence-corrected chi connectivity index (χ1v) is 8.32. The van der Waals surface area contributed by atoms with Gasteiger partial charge in [0.15, 0.2) is 6.10 Å². The van der Waals surface area contributed by atoms with Crippen LogP contribution in [0.3, 0.4) is 0 Å². The standard InChI is InChI=1S/C19H27NO4/c1-3-4-5-6-7-11-14-16(19(22)23)20-18(21)17(24-2)15-12-9-8-10-13-15/h3,8-10,12-13,16-17H,1,4-7,11,14H2,2H3,(H,20,21)(H,22,23)/t16-,17-/m0/s1. The number of allylic oxidation sites excluding steroid dienone is 1. The number of aliphatic carboxylic acids is 1. The molecule has 2 N–H and O–H groups in total. The number of benzene rings is 1. The smallest absolute Gasteiger partial charge is 0.326 e. The van der Waals surface area contributed by atoms with Crippen molar-refractivity contribution in [1.82, 2.24) is 5.32 Å². The lowest BCUT2D eigenvalue weighted by Crippen LogP contribution is -2.43. The molecule has 0 heterocycles. The fourth-order valence-electron chi connectivity index (χ4n) is 2.52. The van der Waals surface area contributed by atoms with Crippen LogP contribution in [0.25, 0.3) is 0 Å². The van der Waals surface area contributed by atoms with Gasteiger partial charge in [0.2, 0.25) is 0 Å². The van der Waals surface area contributed by atoms with E-state index < -0.39 is 24.0 Å². The van der Waals surface area contributed by atoms with Gasteiger partial charge >= 0.3 is 5.97 Å². The molecule has 132 valence electrons. The lowest BCUT2D eigenvalue weighted by molar-refractivity contribution is -0.144. The number of carboxylic acid groups (broad SMARTS) is 1. The van der Waals surface area contributed by atoms with E-state index in [0.29, 0.717) is 12.0 Å². The molecule has 0 unspecified atom stereocenters. The highest BCUT2D eigenvalue weighted by Crippen LogP contribution is 2.17. The summed E-state index contributed by atoms with van der Waals surface area (Å²) in [5.74, 6) is -1.44. The molecular weight excluding hydrogens is 306 g/mol. The number of rotatable bonds is 12. The second kappa shape index (κ2) is 11.4. The van der Waals surface area contributed by atoms with E-state index >= 15 is 0 Å². The molecule has 0 fully saturated rings. The number of methoxy groups -OCH3 is 1. The minimum atomic E-state index is -1.02. The predicted molar refractivity (Wildman–Crippen MR) is 93.7 cm³/mol. The van der Waals surface area contributed by atoms with Gasteiger partial charge in [0.05, 0.1) is 0 Å². The Balaban J connectivity index is 2.52. The molecule has 0 aliphatic heterocycles. The van der Waals surface area contributed by atoms with Crippen molar-refractivity contribution in [3.63, 3.8) is 0 Å². The Bertz CT molecular complexity index is 515. The van der Waals surface area contributed by atoms with Crippen molar-refractivity contribution >= 4 is 11.9 Å². The fourth-order valence-corrected chi connectivity index (χ4v) is 2.52. The topological polar surface area (TPSA) is 75.6 Å². The Kier molecular flexibility index (Phi) is 9.46. The minimum Gasteiger partial charge on any atom is -0.480 e. The van der Waals surface area contributed by atoms with Gasteiger partial charge in [-0.05, 0) is 24.8 Å². The number of carboxylic acids is 1. The zero-order chi connectivity index (χ0) is 17.8. The summed E-state index contributed by atoms with van der Waals surface area (Å²) in [6.45, 7) is 3.68. The molecule has 5 nitrogen and oxygen atoms in total. The average Bonchev–Trinajstić information content (AvgIpc) is 2.58. The maximum Gasteiger partial charge on any atom is 0.326 e. The third kappa shape index (κ3) is 6.96. The maximum absolute atomic E-state index is 12.4. The van der Waals surface area contributed by atoms with Crippen LogP contribution in [0.1, 0.15) is 50.2 Å². The molecule has 0 saturated heterocycles. The van der Waals surface area contributed by atoms with E-state index in [0.717, 1.165) is 32.1 Å². The van der Waals surface area contributed by atoms with E-state index in [1.165, 1.54) is 7.11 Å². The number of ether oxygens (including phenoxy) is 1. The Morgan fingerprint density at radius 3 is 2.46 bits per heavy atom. The summed E-state index contributed by atoms with van der Waals surface area (Å²) in [5.41, 5.74) is 0.700. The minimum absolute atomic E-state index is 0.417. The molecule has 0 bridgehead atoms. The molecule has 5 heteroatoms. The van der Waals surface area contributed by atoms with E-state index in [1.54, 1.807) is 12.1 Å². The summed E-state index contributed by atoms with van der Waals surface area (Å²) < 4.78 is 5.23. The number of hydrogen-bond acceptors (Lipinski definition) is 3. The third-order valence-corrected chi connectivity index (χ3v) is 3.84. The van der Waals surface area contributed by atoms with Gasteiger partial charge in [0.25, 0.3) is 5.91 Å². The van der Waals surface area contributed by atoms with Crippen molar-refractivity contribution in [2.45, 2.75) is 50.7 Å². The van der Waals surface area contributed by atoms with Gasteiger partial charge < -0.3 is 15.2 Å². The molecule has 1 rings (SSSR count). The first-order valence-electron chi connectivity index (χ1n) is 8.32. The first-order chi connectivity index (χ1) is 11.6. The highest BCUT2D eigenvalue weighted by molar-refractivity contribution is 5.87. The Labute approximate surface area is 143 Å². The summed E-state index contributed by atoms with van der Waals surface area (Å²) in [6.07, 6.45) is 6.28. The van der Waals surface area contributed by atoms with E-state index in [-0.39, 0.29) is 0 Å². The summed E-state index contributed by atoms with van der Waals surface area (Å²) in [5, 5.41) is 11.9.